The first-order valence-electron chi connectivity index (χ1n) is 4.87. The van der Waals surface area contributed by atoms with Crippen molar-refractivity contribution >= 4 is 5.82 Å². The maximum Gasteiger partial charge on any atom is 0.129 e. The summed E-state index contributed by atoms with van der Waals surface area (Å²) in [7, 11) is 0. The highest BCUT2D eigenvalue weighted by Gasteiger charge is 2.30. The van der Waals surface area contributed by atoms with E-state index in [-0.39, 0.29) is 6.61 Å². The van der Waals surface area contributed by atoms with Gasteiger partial charge in [0.05, 0.1) is 18.8 Å². The molecule has 15 heavy (non-hydrogen) atoms. The van der Waals surface area contributed by atoms with E-state index in [4.69, 9.17) is 5.11 Å². The van der Waals surface area contributed by atoms with Gasteiger partial charge in [0.25, 0.3) is 0 Å². The number of anilines is 1. The minimum atomic E-state index is -0.718. The Morgan fingerprint density at radius 2 is 2.00 bits per heavy atom. The van der Waals surface area contributed by atoms with Gasteiger partial charge >= 0.3 is 0 Å². The Hall–Kier alpha value is -1.17. The number of β-amino-alcohol motifs (C(OH)–C–C–N with tert-alkyl or cyclic N) is 2. The standard InChI is InChI=1S/C10H14N2O3/c13-6-7-1-2-11-10(3-7)12-4-8(14)9(15)5-12/h1-3,8-9,13-15H,4-6H2. The van der Waals surface area contributed by atoms with Gasteiger partial charge in [-0.05, 0) is 17.7 Å². The molecule has 1 saturated heterocycles. The molecule has 0 saturated carbocycles. The Morgan fingerprint density at radius 3 is 2.60 bits per heavy atom. The van der Waals surface area contributed by atoms with E-state index in [1.165, 1.54) is 0 Å². The van der Waals surface area contributed by atoms with Crippen molar-refractivity contribution in [1.82, 2.24) is 4.98 Å². The molecule has 2 atom stereocenters. The van der Waals surface area contributed by atoms with Crippen molar-refractivity contribution in [3.05, 3.63) is 23.9 Å². The summed E-state index contributed by atoms with van der Waals surface area (Å²) in [6.07, 6.45) is 0.173. The average molecular weight is 210 g/mol. The summed E-state index contributed by atoms with van der Waals surface area (Å²) in [4.78, 5) is 5.93. The normalized spacial score (nSPS) is 25.9. The van der Waals surface area contributed by atoms with Crippen LogP contribution in [0, 0.1) is 0 Å². The maximum atomic E-state index is 9.39. The van der Waals surface area contributed by atoms with Crippen molar-refractivity contribution in [2.24, 2.45) is 0 Å². The van der Waals surface area contributed by atoms with E-state index < -0.39 is 12.2 Å². The van der Waals surface area contributed by atoms with Gasteiger partial charge in [0.2, 0.25) is 0 Å². The zero-order chi connectivity index (χ0) is 10.8. The third kappa shape index (κ3) is 2.09. The van der Waals surface area contributed by atoms with Crippen LogP contribution >= 0.6 is 0 Å². The first kappa shape index (κ1) is 10.4. The van der Waals surface area contributed by atoms with Crippen molar-refractivity contribution in [3.8, 4) is 0 Å². The largest absolute Gasteiger partial charge is 0.392 e. The van der Waals surface area contributed by atoms with E-state index in [0.29, 0.717) is 18.9 Å². The highest BCUT2D eigenvalue weighted by molar-refractivity contribution is 5.42. The maximum absolute atomic E-state index is 9.39. The molecule has 1 fully saturated rings. The topological polar surface area (TPSA) is 76.8 Å². The third-order valence-corrected chi connectivity index (χ3v) is 2.58. The van der Waals surface area contributed by atoms with Gasteiger partial charge in [-0.2, -0.15) is 0 Å². The molecule has 3 N–H and O–H groups in total. The summed E-state index contributed by atoms with van der Waals surface area (Å²) in [5, 5.41) is 27.7. The molecule has 0 amide bonds. The molecule has 0 radical (unpaired) electrons. The first-order chi connectivity index (χ1) is 7.20. The van der Waals surface area contributed by atoms with Crippen LogP contribution in [0.1, 0.15) is 5.56 Å². The lowest BCUT2D eigenvalue weighted by Crippen LogP contribution is -2.22. The quantitative estimate of drug-likeness (QED) is 0.590. The lowest BCUT2D eigenvalue weighted by molar-refractivity contribution is 0.0572. The van der Waals surface area contributed by atoms with E-state index in [9.17, 15) is 10.2 Å². The fourth-order valence-corrected chi connectivity index (χ4v) is 1.69. The van der Waals surface area contributed by atoms with Gasteiger partial charge in [-0.15, -0.1) is 0 Å². The van der Waals surface area contributed by atoms with Crippen molar-refractivity contribution in [2.45, 2.75) is 18.8 Å². The van der Waals surface area contributed by atoms with Crippen molar-refractivity contribution in [3.63, 3.8) is 0 Å². The SMILES string of the molecule is OCc1ccnc(N2CC(O)C(O)C2)c1. The molecule has 0 bridgehead atoms. The molecular formula is C10H14N2O3. The second-order valence-electron chi connectivity index (χ2n) is 3.72. The van der Waals surface area contributed by atoms with Gasteiger partial charge in [0, 0.05) is 19.3 Å². The minimum absolute atomic E-state index is 0.0333. The van der Waals surface area contributed by atoms with Crippen LogP contribution in [0.2, 0.25) is 0 Å². The average Bonchev–Trinajstić information content (AvgIpc) is 2.59. The predicted molar refractivity (Wildman–Crippen MR) is 54.4 cm³/mol. The smallest absolute Gasteiger partial charge is 0.129 e. The van der Waals surface area contributed by atoms with Crippen LogP contribution in [0.3, 0.4) is 0 Å². The van der Waals surface area contributed by atoms with E-state index in [0.717, 1.165) is 5.56 Å². The van der Waals surface area contributed by atoms with Crippen molar-refractivity contribution in [1.29, 1.82) is 0 Å². The zero-order valence-corrected chi connectivity index (χ0v) is 8.24. The Labute approximate surface area is 87.6 Å². The number of nitrogens with zero attached hydrogens (tertiary/aromatic N) is 2. The summed E-state index contributed by atoms with van der Waals surface area (Å²) >= 11 is 0. The molecule has 1 aromatic heterocycles. The number of aliphatic hydroxyl groups excluding tert-OH is 3. The highest BCUT2D eigenvalue weighted by atomic mass is 16.3. The Kier molecular flexibility index (Phi) is 2.86. The van der Waals surface area contributed by atoms with Crippen LogP contribution in [-0.2, 0) is 6.61 Å². The van der Waals surface area contributed by atoms with Gasteiger partial charge in [-0.25, -0.2) is 4.98 Å². The second kappa shape index (κ2) is 4.14. The van der Waals surface area contributed by atoms with Gasteiger partial charge in [0.1, 0.15) is 5.82 Å². The van der Waals surface area contributed by atoms with Crippen LogP contribution < -0.4 is 4.90 Å². The lowest BCUT2D eigenvalue weighted by atomic mass is 10.3. The Bertz CT molecular complexity index is 335. The highest BCUT2D eigenvalue weighted by Crippen LogP contribution is 2.19. The summed E-state index contributed by atoms with van der Waals surface area (Å²) < 4.78 is 0. The number of aromatic nitrogens is 1. The second-order valence-corrected chi connectivity index (χ2v) is 3.72. The van der Waals surface area contributed by atoms with Crippen molar-refractivity contribution < 1.29 is 15.3 Å². The molecule has 5 heteroatoms. The van der Waals surface area contributed by atoms with E-state index in [1.54, 1.807) is 23.2 Å². The summed E-state index contributed by atoms with van der Waals surface area (Å²) in [5.41, 5.74) is 0.774. The molecule has 1 aromatic rings. The Morgan fingerprint density at radius 1 is 1.33 bits per heavy atom. The molecule has 2 rings (SSSR count). The summed E-state index contributed by atoms with van der Waals surface area (Å²) in [5.74, 6) is 0.678. The van der Waals surface area contributed by atoms with Gasteiger partial charge < -0.3 is 20.2 Å². The number of pyridine rings is 1. The summed E-state index contributed by atoms with van der Waals surface area (Å²) in [6.45, 7) is 0.723. The monoisotopic (exact) mass is 210 g/mol. The molecule has 0 aromatic carbocycles. The number of aliphatic hydroxyl groups is 3. The van der Waals surface area contributed by atoms with E-state index in [1.807, 2.05) is 0 Å². The van der Waals surface area contributed by atoms with E-state index >= 15 is 0 Å². The van der Waals surface area contributed by atoms with Crippen LogP contribution in [0.4, 0.5) is 5.82 Å². The molecular weight excluding hydrogens is 196 g/mol. The van der Waals surface area contributed by atoms with Gasteiger partial charge in [-0.3, -0.25) is 0 Å². The predicted octanol–water partition coefficient (Wildman–Crippen LogP) is -0.884. The van der Waals surface area contributed by atoms with Crippen LogP contribution in [0.25, 0.3) is 0 Å². The molecule has 2 heterocycles. The molecule has 0 spiro atoms. The number of hydrogen-bond donors (Lipinski definition) is 3. The first-order valence-corrected chi connectivity index (χ1v) is 4.87. The Balaban J connectivity index is 2.16. The summed E-state index contributed by atoms with van der Waals surface area (Å²) in [6, 6.07) is 3.48. The van der Waals surface area contributed by atoms with Crippen LogP contribution in [-0.4, -0.2) is 45.6 Å². The third-order valence-electron chi connectivity index (χ3n) is 2.58. The number of rotatable bonds is 2. The van der Waals surface area contributed by atoms with Gasteiger partial charge in [-0.1, -0.05) is 0 Å². The van der Waals surface area contributed by atoms with Crippen LogP contribution in [0.5, 0.6) is 0 Å². The van der Waals surface area contributed by atoms with Crippen LogP contribution in [0.15, 0.2) is 18.3 Å². The fourth-order valence-electron chi connectivity index (χ4n) is 1.69. The zero-order valence-electron chi connectivity index (χ0n) is 8.24. The molecule has 82 valence electrons. The lowest BCUT2D eigenvalue weighted by Gasteiger charge is -2.16. The minimum Gasteiger partial charge on any atom is -0.392 e. The molecule has 5 nitrogen and oxygen atoms in total. The van der Waals surface area contributed by atoms with Crippen molar-refractivity contribution in [2.75, 3.05) is 18.0 Å². The van der Waals surface area contributed by atoms with Gasteiger partial charge in [0.15, 0.2) is 0 Å². The number of hydrogen-bond acceptors (Lipinski definition) is 5. The van der Waals surface area contributed by atoms with E-state index in [2.05, 4.69) is 4.98 Å². The molecule has 0 aliphatic carbocycles. The molecule has 1 aliphatic rings. The molecule has 2 unspecified atom stereocenters. The molecule has 1 aliphatic heterocycles. The fraction of sp³-hybridized carbons (Fsp3) is 0.500.